The lowest BCUT2D eigenvalue weighted by atomic mass is 10.1. The number of hydrogen-bond acceptors (Lipinski definition) is 4. The molecule has 2 rings (SSSR count). The number of ether oxygens (including phenoxy) is 1. The molecular formula is C11H18N2OS. The molecule has 1 saturated heterocycles. The molecule has 3 nitrogen and oxygen atoms in total. The summed E-state index contributed by atoms with van der Waals surface area (Å²) in [4.78, 5) is 1.25. The summed E-state index contributed by atoms with van der Waals surface area (Å²) < 4.78 is 5.33. The monoisotopic (exact) mass is 226 g/mol. The van der Waals surface area contributed by atoms with E-state index in [1.165, 1.54) is 17.7 Å². The van der Waals surface area contributed by atoms with E-state index in [2.05, 4.69) is 5.32 Å². The van der Waals surface area contributed by atoms with Crippen molar-refractivity contribution in [3.8, 4) is 0 Å². The highest BCUT2D eigenvalue weighted by molar-refractivity contribution is 7.10. The van der Waals surface area contributed by atoms with Crippen molar-refractivity contribution in [3.63, 3.8) is 0 Å². The van der Waals surface area contributed by atoms with E-state index >= 15 is 0 Å². The molecule has 84 valence electrons. The van der Waals surface area contributed by atoms with Gasteiger partial charge in [0, 0.05) is 30.3 Å². The van der Waals surface area contributed by atoms with Gasteiger partial charge in [0.25, 0.3) is 0 Å². The van der Waals surface area contributed by atoms with E-state index in [1.807, 2.05) is 11.4 Å². The summed E-state index contributed by atoms with van der Waals surface area (Å²) in [5.41, 5.74) is 6.71. The molecule has 0 aliphatic carbocycles. The first-order valence-electron chi connectivity index (χ1n) is 5.46. The molecule has 1 aromatic rings. The van der Waals surface area contributed by atoms with Gasteiger partial charge in [-0.25, -0.2) is 0 Å². The molecule has 1 aliphatic heterocycles. The van der Waals surface area contributed by atoms with Gasteiger partial charge in [-0.05, 0) is 36.8 Å². The minimum Gasteiger partial charge on any atom is -0.398 e. The maximum Gasteiger partial charge on any atom is 0.0495 e. The Bertz CT molecular complexity index is 295. The highest BCUT2D eigenvalue weighted by atomic mass is 32.1. The summed E-state index contributed by atoms with van der Waals surface area (Å²) >= 11 is 1.72. The Labute approximate surface area is 94.6 Å². The summed E-state index contributed by atoms with van der Waals surface area (Å²) in [6, 6.07) is 1.96. The van der Waals surface area contributed by atoms with E-state index < -0.39 is 0 Å². The molecule has 1 aliphatic rings. The summed E-state index contributed by atoms with van der Waals surface area (Å²) in [6.45, 7) is 3.85. The molecule has 0 saturated carbocycles. The van der Waals surface area contributed by atoms with E-state index in [0.717, 1.165) is 37.9 Å². The van der Waals surface area contributed by atoms with Crippen LogP contribution in [-0.4, -0.2) is 19.8 Å². The second-order valence-corrected chi connectivity index (χ2v) is 4.99. The Balaban J connectivity index is 1.60. The number of rotatable bonds is 5. The zero-order chi connectivity index (χ0) is 10.5. The van der Waals surface area contributed by atoms with Crippen molar-refractivity contribution in [2.24, 2.45) is 5.92 Å². The molecule has 3 N–H and O–H groups in total. The molecule has 0 bridgehead atoms. The molecule has 15 heavy (non-hydrogen) atoms. The topological polar surface area (TPSA) is 47.3 Å². The first-order valence-corrected chi connectivity index (χ1v) is 6.34. The third-order valence-corrected chi connectivity index (χ3v) is 3.76. The lowest BCUT2D eigenvalue weighted by Crippen LogP contribution is -2.17. The van der Waals surface area contributed by atoms with Crippen molar-refractivity contribution in [1.82, 2.24) is 5.32 Å². The fraction of sp³-hybridized carbons (Fsp3) is 0.636. The van der Waals surface area contributed by atoms with E-state index in [-0.39, 0.29) is 0 Å². The Morgan fingerprint density at radius 1 is 1.60 bits per heavy atom. The molecule has 1 unspecified atom stereocenters. The van der Waals surface area contributed by atoms with Gasteiger partial charge < -0.3 is 15.8 Å². The predicted molar refractivity (Wildman–Crippen MR) is 64.0 cm³/mol. The minimum absolute atomic E-state index is 0.762. The largest absolute Gasteiger partial charge is 0.398 e. The van der Waals surface area contributed by atoms with Crippen LogP contribution >= 0.6 is 11.3 Å². The zero-order valence-electron chi connectivity index (χ0n) is 8.87. The van der Waals surface area contributed by atoms with Gasteiger partial charge >= 0.3 is 0 Å². The van der Waals surface area contributed by atoms with Gasteiger partial charge in [-0.3, -0.25) is 0 Å². The zero-order valence-corrected chi connectivity index (χ0v) is 9.69. The molecule has 0 aromatic carbocycles. The fourth-order valence-corrected chi connectivity index (χ4v) is 2.58. The summed E-state index contributed by atoms with van der Waals surface area (Å²) in [5, 5.41) is 5.47. The van der Waals surface area contributed by atoms with E-state index in [9.17, 15) is 0 Å². The first-order chi connectivity index (χ1) is 7.36. The first kappa shape index (κ1) is 10.9. The third-order valence-electron chi connectivity index (χ3n) is 2.82. The molecule has 1 aromatic heterocycles. The van der Waals surface area contributed by atoms with Crippen LogP contribution in [0.5, 0.6) is 0 Å². The third kappa shape index (κ3) is 3.19. The number of thiophene rings is 1. The van der Waals surface area contributed by atoms with Crippen molar-refractivity contribution in [1.29, 1.82) is 0 Å². The average molecular weight is 226 g/mol. The summed E-state index contributed by atoms with van der Waals surface area (Å²) in [7, 11) is 0. The van der Waals surface area contributed by atoms with E-state index in [1.54, 1.807) is 11.3 Å². The lowest BCUT2D eigenvalue weighted by Gasteiger charge is -2.08. The van der Waals surface area contributed by atoms with E-state index in [0.29, 0.717) is 0 Å². The maximum absolute atomic E-state index is 5.80. The Morgan fingerprint density at radius 2 is 2.53 bits per heavy atom. The summed E-state index contributed by atoms with van der Waals surface area (Å²) in [5.74, 6) is 0.762. The number of nitrogens with one attached hydrogen (secondary N) is 1. The molecule has 4 heteroatoms. The number of hydrogen-bond donors (Lipinski definition) is 2. The molecule has 1 atom stereocenters. The predicted octanol–water partition coefficient (Wildman–Crippen LogP) is 1.85. The van der Waals surface area contributed by atoms with Gasteiger partial charge in [-0.15, -0.1) is 11.3 Å². The van der Waals surface area contributed by atoms with Crippen molar-refractivity contribution in [3.05, 3.63) is 16.3 Å². The van der Waals surface area contributed by atoms with Crippen molar-refractivity contribution >= 4 is 17.0 Å². The second-order valence-electron chi connectivity index (χ2n) is 3.99. The van der Waals surface area contributed by atoms with Crippen LogP contribution in [0.15, 0.2) is 11.4 Å². The Kier molecular flexibility index (Phi) is 4.00. The number of nitrogen functional groups attached to an aromatic ring is 1. The van der Waals surface area contributed by atoms with Crippen LogP contribution in [0.3, 0.4) is 0 Å². The minimum atomic E-state index is 0.762. The van der Waals surface area contributed by atoms with Gasteiger partial charge in [-0.1, -0.05) is 0 Å². The Morgan fingerprint density at radius 3 is 3.20 bits per heavy atom. The average Bonchev–Trinajstić information content (AvgIpc) is 2.85. The number of anilines is 1. The highest BCUT2D eigenvalue weighted by Crippen LogP contribution is 2.19. The Hall–Kier alpha value is -0.580. The van der Waals surface area contributed by atoms with Gasteiger partial charge in [-0.2, -0.15) is 0 Å². The van der Waals surface area contributed by atoms with Crippen molar-refractivity contribution in [2.75, 3.05) is 25.5 Å². The molecule has 2 heterocycles. The van der Waals surface area contributed by atoms with Gasteiger partial charge in [0.15, 0.2) is 0 Å². The SMILES string of the molecule is Nc1ccsc1CNCCC1CCOC1. The summed E-state index contributed by atoms with van der Waals surface area (Å²) in [6.07, 6.45) is 2.44. The van der Waals surface area contributed by atoms with Crippen LogP contribution in [-0.2, 0) is 11.3 Å². The smallest absolute Gasteiger partial charge is 0.0495 e. The van der Waals surface area contributed by atoms with Crippen LogP contribution < -0.4 is 11.1 Å². The normalized spacial score (nSPS) is 20.9. The molecule has 1 fully saturated rings. The van der Waals surface area contributed by atoms with Crippen LogP contribution in [0.4, 0.5) is 5.69 Å². The van der Waals surface area contributed by atoms with E-state index in [4.69, 9.17) is 10.5 Å². The van der Waals surface area contributed by atoms with Crippen LogP contribution in [0.1, 0.15) is 17.7 Å². The fourth-order valence-electron chi connectivity index (χ4n) is 1.81. The van der Waals surface area contributed by atoms with Gasteiger partial charge in [0.05, 0.1) is 0 Å². The van der Waals surface area contributed by atoms with Crippen LogP contribution in [0.25, 0.3) is 0 Å². The van der Waals surface area contributed by atoms with Crippen molar-refractivity contribution < 1.29 is 4.74 Å². The molecule has 0 spiro atoms. The highest BCUT2D eigenvalue weighted by Gasteiger charge is 2.14. The molecule has 0 amide bonds. The molecule has 0 radical (unpaired) electrons. The van der Waals surface area contributed by atoms with Gasteiger partial charge in [0.1, 0.15) is 0 Å². The standard InChI is InChI=1S/C11H18N2OS/c12-10-3-6-15-11(10)7-13-4-1-9-2-5-14-8-9/h3,6,9,13H,1-2,4-5,7-8,12H2. The van der Waals surface area contributed by atoms with Gasteiger partial charge in [0.2, 0.25) is 0 Å². The van der Waals surface area contributed by atoms with Crippen molar-refractivity contribution in [2.45, 2.75) is 19.4 Å². The number of nitrogens with two attached hydrogens (primary N) is 1. The molecular weight excluding hydrogens is 208 g/mol. The lowest BCUT2D eigenvalue weighted by molar-refractivity contribution is 0.184. The van der Waals surface area contributed by atoms with Crippen LogP contribution in [0.2, 0.25) is 0 Å². The second kappa shape index (κ2) is 5.49. The maximum atomic E-state index is 5.80. The van der Waals surface area contributed by atoms with Crippen LogP contribution in [0, 0.1) is 5.92 Å². The quantitative estimate of drug-likeness (QED) is 0.753.